The fourth-order valence-corrected chi connectivity index (χ4v) is 3.20. The maximum Gasteiger partial charge on any atom is 0.255 e. The number of amides is 1. The average molecular weight is 363 g/mol. The number of rotatable bonds is 2. The van der Waals surface area contributed by atoms with E-state index in [0.717, 1.165) is 21.2 Å². The molecule has 0 N–H and O–H groups in total. The molecule has 1 aliphatic rings. The van der Waals surface area contributed by atoms with Gasteiger partial charge in [0, 0.05) is 16.7 Å². The molecule has 19 heavy (non-hydrogen) atoms. The number of aryl methyl sites for hydroxylation is 1. The molecule has 0 spiro atoms. The minimum atomic E-state index is 0.153. The minimum absolute atomic E-state index is 0.153. The Balaban J connectivity index is 1.84. The number of halogens is 1. The van der Waals surface area contributed by atoms with E-state index in [1.807, 2.05) is 23.1 Å². The van der Waals surface area contributed by atoms with Crippen LogP contribution in [0.3, 0.4) is 0 Å². The van der Waals surface area contributed by atoms with Gasteiger partial charge < -0.3 is 4.90 Å². The Kier molecular flexibility index (Phi) is 3.31. The standard InChI is InChI=1S/C16H14INO/c1-11-5-7-12(8-6-11)9-18-10-13-3-2-4-14(17)15(13)16(18)19/h2-8H,9-10H2,1H3. The van der Waals surface area contributed by atoms with Crippen LogP contribution in [-0.4, -0.2) is 10.8 Å². The lowest BCUT2D eigenvalue weighted by molar-refractivity contribution is 0.0766. The van der Waals surface area contributed by atoms with E-state index in [2.05, 4.69) is 53.8 Å². The van der Waals surface area contributed by atoms with E-state index in [0.29, 0.717) is 6.54 Å². The third-order valence-corrected chi connectivity index (χ3v) is 4.36. The van der Waals surface area contributed by atoms with Gasteiger partial charge in [-0.05, 0) is 46.7 Å². The first-order valence-electron chi connectivity index (χ1n) is 6.27. The highest BCUT2D eigenvalue weighted by Gasteiger charge is 2.28. The van der Waals surface area contributed by atoms with Crippen LogP contribution in [0.5, 0.6) is 0 Å². The van der Waals surface area contributed by atoms with Crippen LogP contribution >= 0.6 is 22.6 Å². The van der Waals surface area contributed by atoms with E-state index in [4.69, 9.17) is 0 Å². The molecule has 2 nitrogen and oxygen atoms in total. The maximum atomic E-state index is 12.4. The van der Waals surface area contributed by atoms with Gasteiger partial charge in [-0.25, -0.2) is 0 Å². The van der Waals surface area contributed by atoms with Gasteiger partial charge in [-0.3, -0.25) is 4.79 Å². The van der Waals surface area contributed by atoms with Crippen LogP contribution in [0.25, 0.3) is 0 Å². The topological polar surface area (TPSA) is 20.3 Å². The smallest absolute Gasteiger partial charge is 0.255 e. The van der Waals surface area contributed by atoms with Gasteiger partial charge in [-0.15, -0.1) is 0 Å². The minimum Gasteiger partial charge on any atom is -0.330 e. The van der Waals surface area contributed by atoms with E-state index in [-0.39, 0.29) is 5.91 Å². The molecule has 1 aliphatic heterocycles. The van der Waals surface area contributed by atoms with Crippen molar-refractivity contribution in [1.82, 2.24) is 4.90 Å². The van der Waals surface area contributed by atoms with Crippen molar-refractivity contribution in [2.45, 2.75) is 20.0 Å². The van der Waals surface area contributed by atoms with Crippen LogP contribution in [0, 0.1) is 10.5 Å². The molecule has 0 radical (unpaired) electrons. The number of hydrogen-bond acceptors (Lipinski definition) is 1. The SMILES string of the molecule is Cc1ccc(CN2Cc3cccc(I)c3C2=O)cc1. The molecule has 0 unspecified atom stereocenters. The zero-order valence-corrected chi connectivity index (χ0v) is 12.8. The number of hydrogen-bond donors (Lipinski definition) is 0. The Morgan fingerprint density at radius 3 is 2.58 bits per heavy atom. The first-order chi connectivity index (χ1) is 9.15. The molecule has 1 heterocycles. The van der Waals surface area contributed by atoms with Crippen molar-refractivity contribution in [3.05, 3.63) is 68.3 Å². The molecule has 0 atom stereocenters. The van der Waals surface area contributed by atoms with Crippen molar-refractivity contribution < 1.29 is 4.79 Å². The molecule has 0 saturated carbocycles. The molecule has 2 aromatic carbocycles. The van der Waals surface area contributed by atoms with Gasteiger partial charge >= 0.3 is 0 Å². The zero-order chi connectivity index (χ0) is 13.4. The van der Waals surface area contributed by atoms with Gasteiger partial charge in [0.25, 0.3) is 5.91 Å². The lowest BCUT2D eigenvalue weighted by Gasteiger charge is -2.15. The van der Waals surface area contributed by atoms with Crippen LogP contribution in [0.1, 0.15) is 27.0 Å². The van der Waals surface area contributed by atoms with Crippen LogP contribution in [0.15, 0.2) is 42.5 Å². The summed E-state index contributed by atoms with van der Waals surface area (Å²) in [5, 5.41) is 0. The molecule has 2 aromatic rings. The summed E-state index contributed by atoms with van der Waals surface area (Å²) < 4.78 is 1.05. The second-order valence-corrected chi connectivity index (χ2v) is 6.08. The van der Waals surface area contributed by atoms with E-state index >= 15 is 0 Å². The average Bonchev–Trinajstić information content (AvgIpc) is 2.71. The Labute approximate surface area is 126 Å². The van der Waals surface area contributed by atoms with Crippen molar-refractivity contribution in [1.29, 1.82) is 0 Å². The number of carbonyl (C=O) groups excluding carboxylic acids is 1. The monoisotopic (exact) mass is 363 g/mol. The number of fused-ring (bicyclic) bond motifs is 1. The molecule has 0 fully saturated rings. The molecule has 3 heteroatoms. The molecule has 0 aromatic heterocycles. The molecule has 0 bridgehead atoms. The molecule has 1 amide bonds. The molecular formula is C16H14INO. The summed E-state index contributed by atoms with van der Waals surface area (Å²) in [5.74, 6) is 0.153. The largest absolute Gasteiger partial charge is 0.330 e. The third-order valence-electron chi connectivity index (χ3n) is 3.46. The number of nitrogens with zero attached hydrogens (tertiary/aromatic N) is 1. The second kappa shape index (κ2) is 4.96. The summed E-state index contributed by atoms with van der Waals surface area (Å²) >= 11 is 2.24. The zero-order valence-electron chi connectivity index (χ0n) is 10.7. The highest BCUT2D eigenvalue weighted by atomic mass is 127. The lowest BCUT2D eigenvalue weighted by Crippen LogP contribution is -2.23. The summed E-state index contributed by atoms with van der Waals surface area (Å²) in [4.78, 5) is 14.3. The first kappa shape index (κ1) is 12.7. The number of benzene rings is 2. The van der Waals surface area contributed by atoms with E-state index < -0.39 is 0 Å². The predicted molar refractivity (Wildman–Crippen MR) is 83.9 cm³/mol. The Morgan fingerprint density at radius 2 is 1.89 bits per heavy atom. The van der Waals surface area contributed by atoms with Gasteiger partial charge in [0.05, 0.1) is 5.56 Å². The van der Waals surface area contributed by atoms with E-state index in [1.165, 1.54) is 11.1 Å². The van der Waals surface area contributed by atoms with Gasteiger partial charge in [0.1, 0.15) is 0 Å². The number of carbonyl (C=O) groups is 1. The van der Waals surface area contributed by atoms with Gasteiger partial charge in [-0.2, -0.15) is 0 Å². The van der Waals surface area contributed by atoms with Gasteiger partial charge in [0.2, 0.25) is 0 Å². The van der Waals surface area contributed by atoms with Crippen molar-refractivity contribution in [3.8, 4) is 0 Å². The van der Waals surface area contributed by atoms with Crippen molar-refractivity contribution >= 4 is 28.5 Å². The summed E-state index contributed by atoms with van der Waals surface area (Å²) in [5.41, 5.74) is 4.45. The Hall–Kier alpha value is -1.36. The molecule has 96 valence electrons. The van der Waals surface area contributed by atoms with E-state index in [9.17, 15) is 4.79 Å². The van der Waals surface area contributed by atoms with Crippen molar-refractivity contribution in [3.63, 3.8) is 0 Å². The summed E-state index contributed by atoms with van der Waals surface area (Å²) in [6.07, 6.45) is 0. The van der Waals surface area contributed by atoms with Crippen molar-refractivity contribution in [2.24, 2.45) is 0 Å². The molecular weight excluding hydrogens is 349 g/mol. The first-order valence-corrected chi connectivity index (χ1v) is 7.35. The second-order valence-electron chi connectivity index (χ2n) is 4.92. The quantitative estimate of drug-likeness (QED) is 0.745. The summed E-state index contributed by atoms with van der Waals surface area (Å²) in [6, 6.07) is 14.4. The molecule has 0 saturated heterocycles. The Bertz CT molecular complexity index is 634. The van der Waals surface area contributed by atoms with Gasteiger partial charge in [-0.1, -0.05) is 42.0 Å². The maximum absolute atomic E-state index is 12.4. The fourth-order valence-electron chi connectivity index (χ4n) is 2.42. The predicted octanol–water partition coefficient (Wildman–Crippen LogP) is 3.76. The van der Waals surface area contributed by atoms with Gasteiger partial charge in [0.15, 0.2) is 0 Å². The van der Waals surface area contributed by atoms with Crippen LogP contribution < -0.4 is 0 Å². The lowest BCUT2D eigenvalue weighted by atomic mass is 10.1. The third kappa shape index (κ3) is 2.39. The van der Waals surface area contributed by atoms with Crippen LogP contribution in [-0.2, 0) is 13.1 Å². The highest BCUT2D eigenvalue weighted by Crippen LogP contribution is 2.28. The van der Waals surface area contributed by atoms with Crippen molar-refractivity contribution in [2.75, 3.05) is 0 Å². The Morgan fingerprint density at radius 1 is 1.16 bits per heavy atom. The fraction of sp³-hybridized carbons (Fsp3) is 0.188. The molecule has 0 aliphatic carbocycles. The molecule has 3 rings (SSSR count). The van der Waals surface area contributed by atoms with E-state index in [1.54, 1.807) is 0 Å². The summed E-state index contributed by atoms with van der Waals surface area (Å²) in [7, 11) is 0. The van der Waals surface area contributed by atoms with Crippen LogP contribution in [0.2, 0.25) is 0 Å². The highest BCUT2D eigenvalue weighted by molar-refractivity contribution is 14.1. The normalized spacial score (nSPS) is 13.8. The van der Waals surface area contributed by atoms with Crippen LogP contribution in [0.4, 0.5) is 0 Å². The summed E-state index contributed by atoms with van der Waals surface area (Å²) in [6.45, 7) is 3.48.